The molecule has 176 valence electrons. The van der Waals surface area contributed by atoms with Crippen molar-refractivity contribution < 1.29 is 31.5 Å². The maximum atomic E-state index is 13.1. The zero-order valence-electron chi connectivity index (χ0n) is 17.3. The Bertz CT molecular complexity index is 1120. The van der Waals surface area contributed by atoms with Crippen LogP contribution in [0.5, 0.6) is 5.75 Å². The number of carbonyl (C=O) groups is 1. The van der Waals surface area contributed by atoms with E-state index < -0.39 is 30.3 Å². The molecule has 4 rings (SSSR count). The summed E-state index contributed by atoms with van der Waals surface area (Å²) in [5.41, 5.74) is 0.723. The van der Waals surface area contributed by atoms with Crippen LogP contribution in [0.3, 0.4) is 0 Å². The third kappa shape index (κ3) is 5.67. The van der Waals surface area contributed by atoms with Crippen molar-refractivity contribution in [1.29, 1.82) is 0 Å². The zero-order valence-corrected chi connectivity index (χ0v) is 18.1. The second-order valence-electron chi connectivity index (χ2n) is 7.74. The number of hydrogen-bond acceptors (Lipinski definition) is 5. The summed E-state index contributed by atoms with van der Waals surface area (Å²) >= 11 is 1.17. The van der Waals surface area contributed by atoms with Gasteiger partial charge in [-0.15, -0.1) is 11.3 Å². The summed E-state index contributed by atoms with van der Waals surface area (Å²) in [6.07, 6.45) is -2.93. The minimum absolute atomic E-state index is 0.0115. The number of nitrogens with zero attached hydrogens (tertiary/aromatic N) is 3. The lowest BCUT2D eigenvalue weighted by molar-refractivity contribution is -0.141. The van der Waals surface area contributed by atoms with Crippen LogP contribution in [0.2, 0.25) is 0 Å². The molecule has 1 aromatic carbocycles. The molecular formula is C21H19F5N4O2S. The Morgan fingerprint density at radius 1 is 1.27 bits per heavy atom. The Balaban J connectivity index is 1.40. The summed E-state index contributed by atoms with van der Waals surface area (Å²) in [4.78, 5) is 16.9. The van der Waals surface area contributed by atoms with Gasteiger partial charge in [0.05, 0.1) is 18.2 Å². The Kier molecular flexibility index (Phi) is 6.37. The number of nitrogens with one attached hydrogen (secondary N) is 1. The molecular weight excluding hydrogens is 467 g/mol. The predicted octanol–water partition coefficient (Wildman–Crippen LogP) is 5.78. The first-order valence-electron chi connectivity index (χ1n) is 10.1. The van der Waals surface area contributed by atoms with Crippen molar-refractivity contribution in [1.82, 2.24) is 14.8 Å². The lowest BCUT2D eigenvalue weighted by Gasteiger charge is -2.13. The van der Waals surface area contributed by atoms with Crippen molar-refractivity contribution >= 4 is 22.4 Å². The molecule has 1 unspecified atom stereocenters. The van der Waals surface area contributed by atoms with Crippen molar-refractivity contribution in [3.05, 3.63) is 47.1 Å². The molecule has 0 bridgehead atoms. The van der Waals surface area contributed by atoms with Gasteiger partial charge in [0.1, 0.15) is 5.75 Å². The van der Waals surface area contributed by atoms with E-state index in [2.05, 4.69) is 20.1 Å². The van der Waals surface area contributed by atoms with Crippen LogP contribution in [0.4, 0.5) is 27.1 Å². The van der Waals surface area contributed by atoms with Crippen molar-refractivity contribution in [3.63, 3.8) is 0 Å². The van der Waals surface area contributed by atoms with Crippen LogP contribution < -0.4 is 10.1 Å². The molecule has 0 radical (unpaired) electrons. The van der Waals surface area contributed by atoms with Gasteiger partial charge in [0.2, 0.25) is 5.91 Å². The molecule has 1 aliphatic carbocycles. The minimum atomic E-state index is -4.54. The van der Waals surface area contributed by atoms with Crippen molar-refractivity contribution in [2.45, 2.75) is 45.0 Å². The van der Waals surface area contributed by atoms with Gasteiger partial charge in [0.15, 0.2) is 10.8 Å². The second-order valence-corrected chi connectivity index (χ2v) is 8.60. The van der Waals surface area contributed by atoms with Gasteiger partial charge in [-0.3, -0.25) is 9.48 Å². The molecule has 3 aromatic rings. The summed E-state index contributed by atoms with van der Waals surface area (Å²) in [5, 5.41) is 8.36. The van der Waals surface area contributed by atoms with Crippen LogP contribution >= 0.6 is 11.3 Å². The standard InChI is InChI=1S/C21H19F5N4O2S/c1-11(9-30-16(13-2-3-13)8-17(29-30)21(24,25)26)18(31)28-20-27-15(10-33-20)12-4-6-14(7-5-12)32-19(22)23/h4-8,10-11,13,19H,2-3,9H2,1H3,(H,27,28,31). The number of anilines is 1. The molecule has 1 fully saturated rings. The van der Waals surface area contributed by atoms with E-state index in [0.29, 0.717) is 22.1 Å². The average Bonchev–Trinajstić information content (AvgIpc) is 3.32. The van der Waals surface area contributed by atoms with Gasteiger partial charge in [-0.05, 0) is 43.2 Å². The first-order chi connectivity index (χ1) is 15.6. The number of aromatic nitrogens is 3. The number of thiazole rings is 1. The molecule has 1 N–H and O–H groups in total. The highest BCUT2D eigenvalue weighted by Crippen LogP contribution is 2.42. The normalized spacial score (nSPS) is 15.0. The second kappa shape index (κ2) is 9.08. The van der Waals surface area contributed by atoms with Crippen molar-refractivity contribution in [3.8, 4) is 17.0 Å². The Morgan fingerprint density at radius 2 is 1.97 bits per heavy atom. The number of hydrogen-bond donors (Lipinski definition) is 1. The third-order valence-corrected chi connectivity index (χ3v) is 5.86. The number of amides is 1. The average molecular weight is 486 g/mol. The molecule has 12 heteroatoms. The number of benzene rings is 1. The van der Waals surface area contributed by atoms with Gasteiger partial charge in [-0.2, -0.15) is 27.1 Å². The molecule has 1 atom stereocenters. The van der Waals surface area contributed by atoms with E-state index >= 15 is 0 Å². The first kappa shape index (κ1) is 23.1. The predicted molar refractivity (Wildman–Crippen MR) is 111 cm³/mol. The highest BCUT2D eigenvalue weighted by atomic mass is 32.1. The van der Waals surface area contributed by atoms with Gasteiger partial charge in [-0.25, -0.2) is 4.98 Å². The van der Waals surface area contributed by atoms with Crippen molar-refractivity contribution in [2.75, 3.05) is 5.32 Å². The number of ether oxygens (including phenoxy) is 1. The Morgan fingerprint density at radius 3 is 2.58 bits per heavy atom. The van der Waals surface area contributed by atoms with E-state index in [9.17, 15) is 26.7 Å². The van der Waals surface area contributed by atoms with E-state index in [-0.39, 0.29) is 18.2 Å². The molecule has 33 heavy (non-hydrogen) atoms. The molecule has 6 nitrogen and oxygen atoms in total. The van der Waals surface area contributed by atoms with Crippen molar-refractivity contribution in [2.24, 2.45) is 5.92 Å². The molecule has 1 saturated carbocycles. The van der Waals surface area contributed by atoms with E-state index in [0.717, 1.165) is 18.9 Å². The zero-order chi connectivity index (χ0) is 23.8. The van der Waals surface area contributed by atoms with Crippen LogP contribution in [-0.2, 0) is 17.5 Å². The van der Waals surface area contributed by atoms with Crippen LogP contribution in [0.1, 0.15) is 37.1 Å². The maximum Gasteiger partial charge on any atom is 0.435 e. The monoisotopic (exact) mass is 486 g/mol. The lowest BCUT2D eigenvalue weighted by atomic mass is 10.1. The number of rotatable bonds is 8. The van der Waals surface area contributed by atoms with E-state index in [1.165, 1.54) is 28.2 Å². The largest absolute Gasteiger partial charge is 0.435 e. The van der Waals surface area contributed by atoms with E-state index in [1.54, 1.807) is 24.4 Å². The number of carbonyl (C=O) groups excluding carboxylic acids is 1. The topological polar surface area (TPSA) is 69.0 Å². The summed E-state index contributed by atoms with van der Waals surface area (Å²) in [6.45, 7) is -1.30. The minimum Gasteiger partial charge on any atom is -0.435 e. The summed E-state index contributed by atoms with van der Waals surface area (Å²) < 4.78 is 69.3. The third-order valence-electron chi connectivity index (χ3n) is 5.10. The molecule has 0 spiro atoms. The molecule has 1 amide bonds. The molecule has 0 aliphatic heterocycles. The van der Waals surface area contributed by atoms with Crippen LogP contribution in [0, 0.1) is 5.92 Å². The van der Waals surface area contributed by atoms with Gasteiger partial charge in [0.25, 0.3) is 0 Å². The summed E-state index contributed by atoms with van der Waals surface area (Å²) in [5.74, 6) is -0.990. The fourth-order valence-electron chi connectivity index (χ4n) is 3.27. The number of halogens is 5. The molecule has 2 aromatic heterocycles. The van der Waals surface area contributed by atoms with Gasteiger partial charge >= 0.3 is 12.8 Å². The SMILES string of the molecule is CC(Cn1nc(C(F)(F)F)cc1C1CC1)C(=O)Nc1nc(-c2ccc(OC(F)F)cc2)cs1. The number of alkyl halides is 5. The van der Waals surface area contributed by atoms with E-state index in [4.69, 9.17) is 0 Å². The van der Waals surface area contributed by atoms with E-state index in [1.807, 2.05) is 0 Å². The van der Waals surface area contributed by atoms with Crippen LogP contribution in [0.15, 0.2) is 35.7 Å². The smallest absolute Gasteiger partial charge is 0.435 e. The highest BCUT2D eigenvalue weighted by Gasteiger charge is 2.38. The summed E-state index contributed by atoms with van der Waals surface area (Å²) in [7, 11) is 0. The van der Waals surface area contributed by atoms with Crippen LogP contribution in [0.25, 0.3) is 11.3 Å². The quantitative estimate of drug-likeness (QED) is 0.410. The molecule has 0 saturated heterocycles. The van der Waals surface area contributed by atoms with Gasteiger partial charge in [-0.1, -0.05) is 6.92 Å². The fourth-order valence-corrected chi connectivity index (χ4v) is 3.99. The molecule has 1 aliphatic rings. The van der Waals surface area contributed by atoms with Gasteiger partial charge < -0.3 is 10.1 Å². The highest BCUT2D eigenvalue weighted by molar-refractivity contribution is 7.14. The Hall–Kier alpha value is -3.02. The van der Waals surface area contributed by atoms with Gasteiger partial charge in [0, 0.05) is 22.6 Å². The first-order valence-corrected chi connectivity index (χ1v) is 10.9. The lowest BCUT2D eigenvalue weighted by Crippen LogP contribution is -2.25. The maximum absolute atomic E-state index is 13.1. The Labute approximate surface area is 189 Å². The van der Waals surface area contributed by atoms with Crippen LogP contribution in [-0.4, -0.2) is 27.3 Å². The molecule has 2 heterocycles. The fraction of sp³-hybridized carbons (Fsp3) is 0.381. The summed E-state index contributed by atoms with van der Waals surface area (Å²) in [6, 6.07) is 6.97.